The van der Waals surface area contributed by atoms with Gasteiger partial charge in [-0.1, -0.05) is 6.92 Å². The Morgan fingerprint density at radius 2 is 1.95 bits per heavy atom. The van der Waals surface area contributed by atoms with Crippen LogP contribution in [0.5, 0.6) is 0 Å². The van der Waals surface area contributed by atoms with Crippen molar-refractivity contribution in [1.29, 1.82) is 0 Å². The second-order valence-corrected chi connectivity index (χ2v) is 8.00. The first-order valence-corrected chi connectivity index (χ1v) is 9.26. The van der Waals surface area contributed by atoms with Gasteiger partial charge >= 0.3 is 0 Å². The molecular weight excluding hydrogens is 262 g/mol. The molecule has 2 heterocycles. The van der Waals surface area contributed by atoms with E-state index in [4.69, 9.17) is 5.73 Å². The summed E-state index contributed by atoms with van der Waals surface area (Å²) in [6.45, 7) is 7.07. The predicted molar refractivity (Wildman–Crippen MR) is 78.0 cm³/mol. The summed E-state index contributed by atoms with van der Waals surface area (Å²) in [5.74, 6) is 0.746. The van der Waals surface area contributed by atoms with Crippen LogP contribution in [0.3, 0.4) is 0 Å². The summed E-state index contributed by atoms with van der Waals surface area (Å²) in [5, 5.41) is 0. The molecule has 0 aromatic heterocycles. The number of sulfone groups is 1. The molecule has 2 fully saturated rings. The fourth-order valence-corrected chi connectivity index (χ4v) is 5.13. The van der Waals surface area contributed by atoms with E-state index in [2.05, 4.69) is 16.7 Å². The van der Waals surface area contributed by atoms with Crippen molar-refractivity contribution in [3.05, 3.63) is 0 Å². The highest BCUT2D eigenvalue weighted by molar-refractivity contribution is 7.91. The predicted octanol–water partition coefficient (Wildman–Crippen LogP) is -0.0815. The van der Waals surface area contributed by atoms with Gasteiger partial charge < -0.3 is 5.73 Å². The molecule has 0 radical (unpaired) electrons. The minimum atomic E-state index is -2.76. The monoisotopic (exact) mass is 289 g/mol. The number of piperazine rings is 1. The molecule has 5 nitrogen and oxygen atoms in total. The lowest BCUT2D eigenvalue weighted by Crippen LogP contribution is -2.53. The van der Waals surface area contributed by atoms with Crippen molar-refractivity contribution >= 4 is 9.84 Å². The summed E-state index contributed by atoms with van der Waals surface area (Å²) in [7, 11) is -2.76. The molecule has 112 valence electrons. The lowest BCUT2D eigenvalue weighted by atomic mass is 10.1. The summed E-state index contributed by atoms with van der Waals surface area (Å²) in [5.41, 5.74) is 5.66. The highest BCUT2D eigenvalue weighted by Crippen LogP contribution is 2.20. The van der Waals surface area contributed by atoms with Crippen molar-refractivity contribution in [2.75, 3.05) is 44.2 Å². The molecule has 2 unspecified atom stereocenters. The zero-order chi connectivity index (χ0) is 13.9. The number of hydrogen-bond donors (Lipinski definition) is 1. The molecule has 2 rings (SSSR count). The Kier molecular flexibility index (Phi) is 5.22. The Hall–Kier alpha value is -0.170. The maximum absolute atomic E-state index is 11.5. The Bertz CT molecular complexity index is 377. The van der Waals surface area contributed by atoms with Gasteiger partial charge in [-0.2, -0.15) is 0 Å². The van der Waals surface area contributed by atoms with Crippen molar-refractivity contribution in [3.63, 3.8) is 0 Å². The van der Waals surface area contributed by atoms with Crippen molar-refractivity contribution in [1.82, 2.24) is 9.80 Å². The number of nitrogens with two attached hydrogens (primary N) is 1. The van der Waals surface area contributed by atoms with Crippen LogP contribution in [0, 0.1) is 0 Å². The summed E-state index contributed by atoms with van der Waals surface area (Å²) in [4.78, 5) is 4.89. The van der Waals surface area contributed by atoms with Crippen LogP contribution in [0.25, 0.3) is 0 Å². The van der Waals surface area contributed by atoms with Gasteiger partial charge in [-0.15, -0.1) is 0 Å². The molecule has 0 saturated carbocycles. The number of rotatable bonds is 5. The van der Waals surface area contributed by atoms with Crippen molar-refractivity contribution in [3.8, 4) is 0 Å². The molecule has 2 atom stereocenters. The SMILES string of the molecule is CCC(CCN)N1CCN(C2CCS(=O)(=O)C2)CC1. The zero-order valence-electron chi connectivity index (χ0n) is 11.9. The third-order valence-corrected chi connectivity index (χ3v) is 6.31. The standard InChI is InChI=1S/C13H27N3O2S/c1-2-12(3-5-14)15-6-8-16(9-7-15)13-4-10-19(17,18)11-13/h12-13H,2-11,14H2,1H3. The van der Waals surface area contributed by atoms with E-state index in [-0.39, 0.29) is 6.04 Å². The summed E-state index contributed by atoms with van der Waals surface area (Å²) in [6, 6.07) is 0.862. The Balaban J connectivity index is 1.82. The van der Waals surface area contributed by atoms with Crippen LogP contribution < -0.4 is 5.73 Å². The van der Waals surface area contributed by atoms with Crippen LogP contribution in [0.4, 0.5) is 0 Å². The third-order valence-electron chi connectivity index (χ3n) is 4.56. The minimum Gasteiger partial charge on any atom is -0.330 e. The van der Waals surface area contributed by atoms with Crippen molar-refractivity contribution in [2.45, 2.75) is 38.3 Å². The van der Waals surface area contributed by atoms with Crippen molar-refractivity contribution < 1.29 is 8.42 Å². The molecule has 0 bridgehead atoms. The summed E-state index contributed by atoms with van der Waals surface area (Å²) in [6.07, 6.45) is 3.03. The van der Waals surface area contributed by atoms with E-state index in [1.54, 1.807) is 0 Å². The Morgan fingerprint density at radius 1 is 1.26 bits per heavy atom. The summed E-state index contributed by atoms with van der Waals surface area (Å²) < 4.78 is 23.1. The molecule has 0 aromatic rings. The van der Waals surface area contributed by atoms with Crippen LogP contribution in [-0.4, -0.2) is 74.5 Å². The fourth-order valence-electron chi connectivity index (χ4n) is 3.37. The lowest BCUT2D eigenvalue weighted by molar-refractivity contribution is 0.0715. The molecule has 0 aliphatic carbocycles. The van der Waals surface area contributed by atoms with Gasteiger partial charge in [0.15, 0.2) is 9.84 Å². The smallest absolute Gasteiger partial charge is 0.151 e. The van der Waals surface area contributed by atoms with Crippen LogP contribution in [0.15, 0.2) is 0 Å². The van der Waals surface area contributed by atoms with Gasteiger partial charge in [0.1, 0.15) is 0 Å². The van der Waals surface area contributed by atoms with E-state index in [1.165, 1.54) is 0 Å². The van der Waals surface area contributed by atoms with Gasteiger partial charge in [-0.05, 0) is 25.8 Å². The maximum atomic E-state index is 11.5. The zero-order valence-corrected chi connectivity index (χ0v) is 12.7. The van der Waals surface area contributed by atoms with Crippen LogP contribution in [0.1, 0.15) is 26.2 Å². The average molecular weight is 289 g/mol. The van der Waals surface area contributed by atoms with Gasteiger partial charge in [0.05, 0.1) is 11.5 Å². The first kappa shape index (κ1) is 15.2. The molecule has 0 aromatic carbocycles. The largest absolute Gasteiger partial charge is 0.330 e. The molecular formula is C13H27N3O2S. The third kappa shape index (κ3) is 3.90. The lowest BCUT2D eigenvalue weighted by Gasteiger charge is -2.41. The molecule has 2 saturated heterocycles. The van der Waals surface area contributed by atoms with E-state index in [9.17, 15) is 8.42 Å². The average Bonchev–Trinajstić information content (AvgIpc) is 2.77. The highest BCUT2D eigenvalue weighted by Gasteiger charge is 2.34. The van der Waals surface area contributed by atoms with Crippen molar-refractivity contribution in [2.24, 2.45) is 5.73 Å². The summed E-state index contributed by atoms with van der Waals surface area (Å²) >= 11 is 0. The Morgan fingerprint density at radius 3 is 2.42 bits per heavy atom. The Labute approximate surface area is 117 Å². The molecule has 2 N–H and O–H groups in total. The van der Waals surface area contributed by atoms with Gasteiger partial charge in [0.2, 0.25) is 0 Å². The maximum Gasteiger partial charge on any atom is 0.151 e. The molecule has 19 heavy (non-hydrogen) atoms. The second-order valence-electron chi connectivity index (χ2n) is 5.77. The van der Waals surface area contributed by atoms with E-state index in [0.717, 1.165) is 52.0 Å². The van der Waals surface area contributed by atoms with Gasteiger partial charge in [0, 0.05) is 38.3 Å². The quantitative estimate of drug-likeness (QED) is 0.767. The highest BCUT2D eigenvalue weighted by atomic mass is 32.2. The number of nitrogens with zero attached hydrogens (tertiary/aromatic N) is 2. The molecule has 6 heteroatoms. The van der Waals surface area contributed by atoms with Crippen LogP contribution in [-0.2, 0) is 9.84 Å². The second kappa shape index (κ2) is 6.52. The van der Waals surface area contributed by atoms with E-state index in [1.807, 2.05) is 0 Å². The van der Waals surface area contributed by atoms with Gasteiger partial charge in [0.25, 0.3) is 0 Å². The normalized spacial score (nSPS) is 30.5. The van der Waals surface area contributed by atoms with E-state index in [0.29, 0.717) is 17.5 Å². The number of hydrogen-bond acceptors (Lipinski definition) is 5. The topological polar surface area (TPSA) is 66.6 Å². The van der Waals surface area contributed by atoms with Crippen LogP contribution >= 0.6 is 0 Å². The molecule has 0 amide bonds. The first-order chi connectivity index (χ1) is 9.05. The molecule has 2 aliphatic heterocycles. The van der Waals surface area contributed by atoms with E-state index >= 15 is 0 Å². The first-order valence-electron chi connectivity index (χ1n) is 7.44. The van der Waals surface area contributed by atoms with Gasteiger partial charge in [-0.25, -0.2) is 8.42 Å². The minimum absolute atomic E-state index is 0.265. The van der Waals surface area contributed by atoms with Gasteiger partial charge in [-0.3, -0.25) is 9.80 Å². The molecule has 2 aliphatic rings. The molecule has 0 spiro atoms. The fraction of sp³-hybridized carbons (Fsp3) is 1.00. The van der Waals surface area contributed by atoms with E-state index < -0.39 is 9.84 Å². The van der Waals surface area contributed by atoms with Crippen LogP contribution in [0.2, 0.25) is 0 Å².